The molecule has 0 saturated heterocycles. The average Bonchev–Trinajstić information content (AvgIpc) is 3.30. The highest BCUT2D eigenvalue weighted by atomic mass is 35.5. The molecule has 0 unspecified atom stereocenters. The average molecular weight is 421 g/mol. The lowest BCUT2D eigenvalue weighted by atomic mass is 10.0. The summed E-state index contributed by atoms with van der Waals surface area (Å²) in [6, 6.07) is 9.69. The zero-order chi connectivity index (χ0) is 20.8. The van der Waals surface area contributed by atoms with Crippen LogP contribution in [0.5, 0.6) is 0 Å². The minimum Gasteiger partial charge on any atom is -0.340 e. The number of aromatic nitrogens is 3. The van der Waals surface area contributed by atoms with E-state index in [1.54, 1.807) is 6.07 Å². The first-order valence-corrected chi connectivity index (χ1v) is 8.53. The van der Waals surface area contributed by atoms with Crippen LogP contribution in [-0.2, 0) is 12.7 Å². The predicted octanol–water partition coefficient (Wildman–Crippen LogP) is 5.42. The topological polar surface area (TPSA) is 67.6 Å². The summed E-state index contributed by atoms with van der Waals surface area (Å²) in [4.78, 5) is 4.10. The van der Waals surface area contributed by atoms with Gasteiger partial charge in [0.1, 0.15) is 0 Å². The largest absolute Gasteiger partial charge is 0.418 e. The number of nitrogens with zero attached hydrogens (tertiary/aromatic N) is 4. The van der Waals surface area contributed by atoms with Gasteiger partial charge in [-0.05, 0) is 30.3 Å². The van der Waals surface area contributed by atoms with Crippen molar-refractivity contribution in [3.05, 3.63) is 70.4 Å². The molecule has 0 aliphatic heterocycles. The second-order valence-corrected chi connectivity index (χ2v) is 6.50. The van der Waals surface area contributed by atoms with E-state index >= 15 is 0 Å². The van der Waals surface area contributed by atoms with Crippen LogP contribution < -0.4 is 0 Å². The third-order valence-corrected chi connectivity index (χ3v) is 4.61. The van der Waals surface area contributed by atoms with Gasteiger partial charge < -0.3 is 9.09 Å². The fourth-order valence-corrected chi connectivity index (χ4v) is 3.23. The van der Waals surface area contributed by atoms with Crippen molar-refractivity contribution in [1.29, 1.82) is 5.26 Å². The Hall–Kier alpha value is -3.38. The summed E-state index contributed by atoms with van der Waals surface area (Å²) in [5.41, 5.74) is -1.18. The molecule has 146 valence electrons. The lowest BCUT2D eigenvalue weighted by Crippen LogP contribution is -2.09. The summed E-state index contributed by atoms with van der Waals surface area (Å²) >= 11 is 5.74. The van der Waals surface area contributed by atoms with Crippen LogP contribution in [0.3, 0.4) is 0 Å². The van der Waals surface area contributed by atoms with Crippen LogP contribution in [0.4, 0.5) is 17.6 Å². The normalized spacial score (nSPS) is 11.7. The van der Waals surface area contributed by atoms with Crippen molar-refractivity contribution in [2.45, 2.75) is 12.7 Å². The number of rotatable bonds is 3. The molecule has 2 heterocycles. The fraction of sp³-hybridized carbons (Fsp3) is 0.105. The molecule has 0 saturated carbocycles. The Morgan fingerprint density at radius 1 is 1.17 bits per heavy atom. The zero-order valence-corrected chi connectivity index (χ0v) is 15.1. The summed E-state index contributed by atoms with van der Waals surface area (Å²) < 4.78 is 60.9. The molecule has 29 heavy (non-hydrogen) atoms. The Morgan fingerprint density at radius 3 is 2.69 bits per heavy atom. The minimum atomic E-state index is -4.68. The maximum absolute atomic E-state index is 14.1. The molecule has 5 nitrogen and oxygen atoms in total. The molecule has 0 atom stereocenters. The van der Waals surface area contributed by atoms with Crippen LogP contribution >= 0.6 is 11.6 Å². The first-order valence-electron chi connectivity index (χ1n) is 8.15. The highest BCUT2D eigenvalue weighted by molar-refractivity contribution is 6.31. The molecular weight excluding hydrogens is 412 g/mol. The van der Waals surface area contributed by atoms with Crippen LogP contribution in [0, 0.1) is 17.1 Å². The van der Waals surface area contributed by atoms with E-state index in [0.717, 1.165) is 6.07 Å². The molecule has 2 aromatic carbocycles. The number of hydrogen-bond acceptors (Lipinski definition) is 4. The summed E-state index contributed by atoms with van der Waals surface area (Å²) in [5, 5.41) is 12.6. The van der Waals surface area contributed by atoms with Gasteiger partial charge in [0, 0.05) is 17.1 Å². The van der Waals surface area contributed by atoms with Crippen molar-refractivity contribution in [2.75, 3.05) is 0 Å². The van der Waals surface area contributed by atoms with Crippen molar-refractivity contribution >= 4 is 22.5 Å². The van der Waals surface area contributed by atoms with Gasteiger partial charge in [-0.15, -0.1) is 0 Å². The van der Waals surface area contributed by atoms with E-state index in [-0.39, 0.29) is 39.7 Å². The lowest BCUT2D eigenvalue weighted by molar-refractivity contribution is -0.136. The molecule has 4 aromatic rings. The van der Waals surface area contributed by atoms with Gasteiger partial charge in [0.05, 0.1) is 34.3 Å². The standard InChI is InChI=1S/C19H9ClF4N4O/c20-13-3-1-2-12(17(13)21)18-26-15(27-29-18)9-28-7-6-11-14(28)5-4-10(8-25)16(11)19(22,23)24/h1-7H,9H2. The number of halogens is 5. The van der Waals surface area contributed by atoms with Gasteiger partial charge in [0.25, 0.3) is 5.89 Å². The molecule has 0 radical (unpaired) electrons. The smallest absolute Gasteiger partial charge is 0.340 e. The molecule has 10 heteroatoms. The molecule has 0 spiro atoms. The molecule has 4 rings (SSSR count). The highest BCUT2D eigenvalue weighted by Gasteiger charge is 2.36. The Kier molecular flexibility index (Phi) is 4.51. The summed E-state index contributed by atoms with van der Waals surface area (Å²) in [6.07, 6.45) is -3.25. The van der Waals surface area contributed by atoms with Crippen molar-refractivity contribution in [3.8, 4) is 17.5 Å². The molecule has 0 aliphatic rings. The number of alkyl halides is 3. The van der Waals surface area contributed by atoms with Gasteiger partial charge in [0.2, 0.25) is 0 Å². The van der Waals surface area contributed by atoms with Crippen LogP contribution in [0.15, 0.2) is 47.1 Å². The van der Waals surface area contributed by atoms with Crippen LogP contribution in [0.1, 0.15) is 17.0 Å². The second kappa shape index (κ2) is 6.90. The number of fused-ring (bicyclic) bond motifs is 1. The number of nitriles is 1. The van der Waals surface area contributed by atoms with Crippen molar-refractivity contribution in [3.63, 3.8) is 0 Å². The molecule has 0 fully saturated rings. The van der Waals surface area contributed by atoms with Gasteiger partial charge in [-0.2, -0.15) is 23.4 Å². The highest BCUT2D eigenvalue weighted by Crippen LogP contribution is 2.37. The fourth-order valence-electron chi connectivity index (χ4n) is 3.06. The molecule has 0 aliphatic carbocycles. The van der Waals surface area contributed by atoms with E-state index < -0.39 is 23.1 Å². The third kappa shape index (κ3) is 3.32. The Balaban J connectivity index is 1.72. The first-order chi connectivity index (χ1) is 13.8. The summed E-state index contributed by atoms with van der Waals surface area (Å²) in [7, 11) is 0. The third-order valence-electron chi connectivity index (χ3n) is 4.32. The quantitative estimate of drug-likeness (QED) is 0.415. The molecule has 0 bridgehead atoms. The monoisotopic (exact) mass is 420 g/mol. The first kappa shape index (κ1) is 19.0. The number of hydrogen-bond donors (Lipinski definition) is 0. The van der Waals surface area contributed by atoms with Gasteiger partial charge in [-0.1, -0.05) is 22.8 Å². The lowest BCUT2D eigenvalue weighted by Gasteiger charge is -2.11. The Morgan fingerprint density at radius 2 is 1.97 bits per heavy atom. The summed E-state index contributed by atoms with van der Waals surface area (Å²) in [6.45, 7) is -0.0155. The number of benzene rings is 2. The Bertz CT molecular complexity index is 1270. The Labute approximate surface area is 165 Å². The van der Waals surface area contributed by atoms with E-state index in [2.05, 4.69) is 10.1 Å². The molecule has 2 aromatic heterocycles. The van der Waals surface area contributed by atoms with E-state index in [1.165, 1.54) is 41.1 Å². The molecular formula is C19H9ClF4N4O. The van der Waals surface area contributed by atoms with E-state index in [1.807, 2.05) is 0 Å². The van der Waals surface area contributed by atoms with Gasteiger partial charge >= 0.3 is 6.18 Å². The maximum atomic E-state index is 14.1. The summed E-state index contributed by atoms with van der Waals surface area (Å²) in [5.74, 6) is -0.677. The van der Waals surface area contributed by atoms with Crippen molar-refractivity contribution < 1.29 is 22.1 Å². The van der Waals surface area contributed by atoms with Gasteiger partial charge in [0.15, 0.2) is 11.6 Å². The molecule has 0 N–H and O–H groups in total. The van der Waals surface area contributed by atoms with E-state index in [4.69, 9.17) is 21.4 Å². The minimum absolute atomic E-state index is 0.0155. The van der Waals surface area contributed by atoms with E-state index in [9.17, 15) is 17.6 Å². The van der Waals surface area contributed by atoms with Crippen molar-refractivity contribution in [1.82, 2.24) is 14.7 Å². The van der Waals surface area contributed by atoms with Crippen molar-refractivity contribution in [2.24, 2.45) is 0 Å². The maximum Gasteiger partial charge on any atom is 0.418 e. The predicted molar refractivity (Wildman–Crippen MR) is 95.5 cm³/mol. The van der Waals surface area contributed by atoms with E-state index in [0.29, 0.717) is 0 Å². The SMILES string of the molecule is N#Cc1ccc2c(ccn2Cc2noc(-c3cccc(Cl)c3F)n2)c1C(F)(F)F. The van der Waals surface area contributed by atoms with Gasteiger partial charge in [-0.3, -0.25) is 0 Å². The molecule has 0 amide bonds. The van der Waals surface area contributed by atoms with Crippen LogP contribution in [0.25, 0.3) is 22.4 Å². The van der Waals surface area contributed by atoms with Crippen LogP contribution in [0.2, 0.25) is 5.02 Å². The van der Waals surface area contributed by atoms with Gasteiger partial charge in [-0.25, -0.2) is 4.39 Å². The zero-order valence-electron chi connectivity index (χ0n) is 14.3. The van der Waals surface area contributed by atoms with Crippen LogP contribution in [-0.4, -0.2) is 14.7 Å². The second-order valence-electron chi connectivity index (χ2n) is 6.09.